The fourth-order valence-electron chi connectivity index (χ4n) is 2.79. The first-order valence-electron chi connectivity index (χ1n) is 9.57. The van der Waals surface area contributed by atoms with Gasteiger partial charge in [0.05, 0.1) is 17.7 Å². The molecule has 7 heteroatoms. The normalized spacial score (nSPS) is 10.3. The van der Waals surface area contributed by atoms with Crippen molar-refractivity contribution in [2.45, 2.75) is 6.92 Å². The molecule has 3 rings (SSSR count). The summed E-state index contributed by atoms with van der Waals surface area (Å²) in [4.78, 5) is 36.8. The fourth-order valence-corrected chi connectivity index (χ4v) is 2.97. The van der Waals surface area contributed by atoms with Crippen LogP contribution in [0.3, 0.4) is 0 Å². The van der Waals surface area contributed by atoms with Gasteiger partial charge in [0.25, 0.3) is 5.91 Å². The minimum atomic E-state index is -0.429. The van der Waals surface area contributed by atoms with Gasteiger partial charge in [-0.15, -0.1) is 0 Å². The zero-order valence-corrected chi connectivity index (χ0v) is 17.5. The van der Waals surface area contributed by atoms with Crippen LogP contribution in [0.2, 0.25) is 5.02 Å². The van der Waals surface area contributed by atoms with Crippen molar-refractivity contribution >= 4 is 34.9 Å². The Morgan fingerprint density at radius 3 is 2.29 bits per heavy atom. The van der Waals surface area contributed by atoms with Gasteiger partial charge >= 0.3 is 5.97 Å². The number of anilines is 1. The summed E-state index contributed by atoms with van der Waals surface area (Å²) in [6, 6.07) is 19.7. The van der Waals surface area contributed by atoms with E-state index in [1.165, 1.54) is 6.07 Å². The number of hydrogen-bond donors (Lipinski definition) is 1. The lowest BCUT2D eigenvalue weighted by Gasteiger charge is -2.12. The van der Waals surface area contributed by atoms with E-state index in [0.29, 0.717) is 21.8 Å². The minimum absolute atomic E-state index is 0.256. The number of benzene rings is 3. The number of halogens is 1. The molecular formula is C24H20ClNO5. The van der Waals surface area contributed by atoms with Crippen LogP contribution in [0, 0.1) is 0 Å². The molecule has 158 valence electrons. The average Bonchev–Trinajstić information content (AvgIpc) is 2.79. The fraction of sp³-hybridized carbons (Fsp3) is 0.125. The highest BCUT2D eigenvalue weighted by Crippen LogP contribution is 2.25. The van der Waals surface area contributed by atoms with Crippen molar-refractivity contribution in [1.29, 1.82) is 0 Å². The zero-order chi connectivity index (χ0) is 22.2. The Hall–Kier alpha value is -3.64. The second-order valence-corrected chi connectivity index (χ2v) is 6.91. The third kappa shape index (κ3) is 5.93. The molecule has 0 heterocycles. The van der Waals surface area contributed by atoms with Crippen LogP contribution >= 0.6 is 11.6 Å². The summed E-state index contributed by atoms with van der Waals surface area (Å²) in [6.45, 7) is 1.70. The molecule has 0 spiro atoms. The Bertz CT molecular complexity index is 1080. The number of ketones is 1. The lowest BCUT2D eigenvalue weighted by atomic mass is 10.0. The number of rotatable bonds is 8. The molecule has 0 bridgehead atoms. The highest BCUT2D eigenvalue weighted by Gasteiger charge is 2.16. The van der Waals surface area contributed by atoms with Crippen molar-refractivity contribution in [1.82, 2.24) is 0 Å². The van der Waals surface area contributed by atoms with Crippen molar-refractivity contribution < 1.29 is 23.9 Å². The van der Waals surface area contributed by atoms with Gasteiger partial charge in [-0.1, -0.05) is 41.9 Å². The van der Waals surface area contributed by atoms with Gasteiger partial charge in [0.2, 0.25) is 0 Å². The summed E-state index contributed by atoms with van der Waals surface area (Å²) in [5.74, 6) is -0.849. The van der Waals surface area contributed by atoms with Gasteiger partial charge in [0.1, 0.15) is 5.75 Å². The lowest BCUT2D eigenvalue weighted by Crippen LogP contribution is -2.21. The maximum atomic E-state index is 12.8. The number of carbonyl (C=O) groups excluding carboxylic acids is 3. The van der Waals surface area contributed by atoms with Crippen molar-refractivity contribution in [3.63, 3.8) is 0 Å². The van der Waals surface area contributed by atoms with E-state index in [4.69, 9.17) is 21.1 Å². The van der Waals surface area contributed by atoms with E-state index < -0.39 is 11.9 Å². The number of ether oxygens (including phenoxy) is 2. The predicted octanol–water partition coefficient (Wildman–Crippen LogP) is 4.77. The molecule has 1 N–H and O–H groups in total. The molecule has 0 fully saturated rings. The van der Waals surface area contributed by atoms with E-state index in [1.54, 1.807) is 67.6 Å². The van der Waals surface area contributed by atoms with Crippen LogP contribution in [0.15, 0.2) is 72.8 Å². The third-order valence-electron chi connectivity index (χ3n) is 4.26. The Labute approximate surface area is 184 Å². The highest BCUT2D eigenvalue weighted by molar-refractivity contribution is 6.31. The largest absolute Gasteiger partial charge is 0.483 e. The van der Waals surface area contributed by atoms with E-state index in [1.807, 2.05) is 6.07 Å². The predicted molar refractivity (Wildman–Crippen MR) is 118 cm³/mol. The molecule has 0 unspecified atom stereocenters. The van der Waals surface area contributed by atoms with Crippen LogP contribution in [0.4, 0.5) is 5.69 Å². The molecular weight excluding hydrogens is 418 g/mol. The van der Waals surface area contributed by atoms with E-state index in [9.17, 15) is 14.4 Å². The van der Waals surface area contributed by atoms with Gasteiger partial charge in [-0.2, -0.15) is 0 Å². The molecule has 6 nitrogen and oxygen atoms in total. The Kier molecular flexibility index (Phi) is 7.40. The monoisotopic (exact) mass is 437 g/mol. The van der Waals surface area contributed by atoms with Gasteiger partial charge in [-0.25, -0.2) is 4.79 Å². The summed E-state index contributed by atoms with van der Waals surface area (Å²) in [5, 5.41) is 3.06. The molecule has 0 radical (unpaired) electrons. The quantitative estimate of drug-likeness (QED) is 0.405. The second kappa shape index (κ2) is 10.4. The van der Waals surface area contributed by atoms with Gasteiger partial charge in [0, 0.05) is 16.3 Å². The first-order chi connectivity index (χ1) is 15.0. The number of carbonyl (C=O) groups is 3. The number of esters is 1. The molecule has 0 aromatic heterocycles. The standard InChI is InChI=1S/C24H20ClNO5/c1-2-30-24(29)17-8-11-19(12-9-17)26-22(27)15-31-21-13-10-18(25)14-20(21)23(28)16-6-4-3-5-7-16/h3-14H,2,15H2,1H3,(H,26,27). The summed E-state index contributed by atoms with van der Waals surface area (Å²) < 4.78 is 10.5. The van der Waals surface area contributed by atoms with Crippen LogP contribution in [0.25, 0.3) is 0 Å². The highest BCUT2D eigenvalue weighted by atomic mass is 35.5. The van der Waals surface area contributed by atoms with Crippen LogP contribution in [-0.2, 0) is 9.53 Å². The van der Waals surface area contributed by atoms with Crippen molar-refractivity contribution in [2.24, 2.45) is 0 Å². The number of nitrogens with one attached hydrogen (secondary N) is 1. The Morgan fingerprint density at radius 1 is 0.903 bits per heavy atom. The van der Waals surface area contributed by atoms with Crippen molar-refractivity contribution in [2.75, 3.05) is 18.5 Å². The molecule has 0 atom stereocenters. The maximum absolute atomic E-state index is 12.8. The maximum Gasteiger partial charge on any atom is 0.338 e. The van der Waals surface area contributed by atoms with Crippen LogP contribution in [0.5, 0.6) is 5.75 Å². The lowest BCUT2D eigenvalue weighted by molar-refractivity contribution is -0.118. The van der Waals surface area contributed by atoms with E-state index in [-0.39, 0.29) is 30.3 Å². The molecule has 0 aliphatic rings. The van der Waals surface area contributed by atoms with Gasteiger partial charge < -0.3 is 14.8 Å². The number of amides is 1. The summed E-state index contributed by atoms with van der Waals surface area (Å²) in [6.07, 6.45) is 0. The SMILES string of the molecule is CCOC(=O)c1ccc(NC(=O)COc2ccc(Cl)cc2C(=O)c2ccccc2)cc1. The average molecular weight is 438 g/mol. The smallest absolute Gasteiger partial charge is 0.338 e. The molecule has 0 saturated heterocycles. The molecule has 1 amide bonds. The first kappa shape index (κ1) is 22.1. The molecule has 0 aliphatic heterocycles. The van der Waals surface area contributed by atoms with Crippen molar-refractivity contribution in [3.8, 4) is 5.75 Å². The van der Waals surface area contributed by atoms with Crippen LogP contribution in [0.1, 0.15) is 33.2 Å². The molecule has 0 aliphatic carbocycles. The second-order valence-electron chi connectivity index (χ2n) is 6.47. The Morgan fingerprint density at radius 2 is 1.61 bits per heavy atom. The topological polar surface area (TPSA) is 81.7 Å². The molecule has 31 heavy (non-hydrogen) atoms. The summed E-state index contributed by atoms with van der Waals surface area (Å²) >= 11 is 6.05. The van der Waals surface area contributed by atoms with Crippen LogP contribution in [-0.4, -0.2) is 30.9 Å². The van der Waals surface area contributed by atoms with Crippen molar-refractivity contribution in [3.05, 3.63) is 94.5 Å². The molecule has 0 saturated carbocycles. The van der Waals surface area contributed by atoms with E-state index in [2.05, 4.69) is 5.32 Å². The zero-order valence-electron chi connectivity index (χ0n) is 16.8. The number of hydrogen-bond acceptors (Lipinski definition) is 5. The van der Waals surface area contributed by atoms with Gasteiger partial charge in [-0.3, -0.25) is 9.59 Å². The van der Waals surface area contributed by atoms with E-state index in [0.717, 1.165) is 0 Å². The third-order valence-corrected chi connectivity index (χ3v) is 4.50. The summed E-state index contributed by atoms with van der Waals surface area (Å²) in [5.41, 5.74) is 1.64. The van der Waals surface area contributed by atoms with Crippen LogP contribution < -0.4 is 10.1 Å². The first-order valence-corrected chi connectivity index (χ1v) is 9.95. The van der Waals surface area contributed by atoms with E-state index >= 15 is 0 Å². The van der Waals surface area contributed by atoms with Gasteiger partial charge in [-0.05, 0) is 49.4 Å². The molecule has 3 aromatic carbocycles. The minimum Gasteiger partial charge on any atom is -0.483 e. The Balaban J connectivity index is 1.65. The molecule has 3 aromatic rings. The summed E-state index contributed by atoms with van der Waals surface area (Å²) in [7, 11) is 0. The van der Waals surface area contributed by atoms with Gasteiger partial charge in [0.15, 0.2) is 12.4 Å².